The van der Waals surface area contributed by atoms with Gasteiger partial charge < -0.3 is 22.3 Å². The van der Waals surface area contributed by atoms with Crippen molar-refractivity contribution in [3.63, 3.8) is 0 Å². The Kier molecular flexibility index (Phi) is 17.4. The Hall–Kier alpha value is 0.0500. The van der Waals surface area contributed by atoms with Crippen LogP contribution in [0.2, 0.25) is 0 Å². The van der Waals surface area contributed by atoms with Gasteiger partial charge in [0, 0.05) is 24.6 Å². The van der Waals surface area contributed by atoms with E-state index in [0.717, 1.165) is 24.6 Å². The monoisotopic (exact) mass is 227 g/mol. The Bertz CT molecular complexity index is 110. The third-order valence-corrected chi connectivity index (χ3v) is 3.13. The summed E-state index contributed by atoms with van der Waals surface area (Å²) in [5, 5.41) is 7.60. The Morgan fingerprint density at radius 3 is 1.54 bits per heavy atom. The highest BCUT2D eigenvalue weighted by molar-refractivity contribution is 8.76. The molecule has 0 atom stereocenters. The molecule has 0 aliphatic carbocycles. The summed E-state index contributed by atoms with van der Waals surface area (Å²) in [6, 6.07) is 0. The summed E-state index contributed by atoms with van der Waals surface area (Å²) in [6.07, 6.45) is 0. The Morgan fingerprint density at radius 1 is 1.08 bits per heavy atom. The van der Waals surface area contributed by atoms with Gasteiger partial charge in [0.25, 0.3) is 0 Å². The van der Waals surface area contributed by atoms with E-state index in [0.29, 0.717) is 0 Å². The van der Waals surface area contributed by atoms with Crippen LogP contribution in [0.3, 0.4) is 0 Å². The van der Waals surface area contributed by atoms with Crippen LogP contribution in [-0.4, -0.2) is 42.2 Å². The summed E-state index contributed by atoms with van der Waals surface area (Å²) in [7, 11) is 3.58. The first-order chi connectivity index (χ1) is 6.18. The second-order valence-electron chi connectivity index (χ2n) is 1.82. The van der Waals surface area contributed by atoms with Crippen LogP contribution < -0.4 is 17.2 Å². The lowest BCUT2D eigenvalue weighted by Crippen LogP contribution is -2.10. The fourth-order valence-corrected chi connectivity index (χ4v) is 1.93. The first kappa shape index (κ1) is 15.5. The van der Waals surface area contributed by atoms with Crippen LogP contribution in [0.1, 0.15) is 0 Å². The molecule has 0 spiro atoms. The van der Waals surface area contributed by atoms with Crippen LogP contribution in [0.4, 0.5) is 0 Å². The van der Waals surface area contributed by atoms with Gasteiger partial charge in [-0.25, -0.2) is 0 Å². The Labute approximate surface area is 86.2 Å². The van der Waals surface area contributed by atoms with Gasteiger partial charge in [0.15, 0.2) is 0 Å². The number of carboxylic acid groups (broad SMARTS) is 1. The van der Waals surface area contributed by atoms with Crippen LogP contribution in [0.25, 0.3) is 0 Å². The second-order valence-corrected chi connectivity index (χ2v) is 4.52. The first-order valence-electron chi connectivity index (χ1n) is 3.75. The van der Waals surface area contributed by atoms with E-state index < -0.39 is 5.97 Å². The van der Waals surface area contributed by atoms with Crippen LogP contribution in [0, 0.1) is 0 Å². The lowest BCUT2D eigenvalue weighted by atomic mass is 10.7. The van der Waals surface area contributed by atoms with Crippen molar-refractivity contribution in [1.82, 2.24) is 0 Å². The van der Waals surface area contributed by atoms with Crippen molar-refractivity contribution in [2.45, 2.75) is 0 Å². The van der Waals surface area contributed by atoms with Gasteiger partial charge in [-0.15, -0.1) is 0 Å². The summed E-state index contributed by atoms with van der Waals surface area (Å²) in [5.41, 5.74) is 15.1. The molecule has 0 saturated carbocycles. The van der Waals surface area contributed by atoms with Gasteiger partial charge in [-0.3, -0.25) is 4.79 Å². The summed E-state index contributed by atoms with van der Waals surface area (Å²) in [4.78, 5) is 9.24. The van der Waals surface area contributed by atoms with Crippen molar-refractivity contribution in [3.05, 3.63) is 0 Å². The quantitative estimate of drug-likeness (QED) is 0.351. The highest BCUT2D eigenvalue weighted by atomic mass is 33.1. The molecule has 0 aromatic rings. The van der Waals surface area contributed by atoms with E-state index in [1.807, 2.05) is 0 Å². The number of carboxylic acids is 1. The molecule has 0 amide bonds. The van der Waals surface area contributed by atoms with Gasteiger partial charge in [0.1, 0.15) is 0 Å². The lowest BCUT2D eigenvalue weighted by molar-refractivity contribution is -0.135. The van der Waals surface area contributed by atoms with E-state index in [4.69, 9.17) is 16.6 Å². The van der Waals surface area contributed by atoms with E-state index in [1.54, 1.807) is 21.6 Å². The van der Waals surface area contributed by atoms with Crippen LogP contribution >= 0.6 is 21.6 Å². The fraction of sp³-hybridized carbons (Fsp3) is 0.833. The van der Waals surface area contributed by atoms with E-state index in [9.17, 15) is 4.79 Å². The maximum Gasteiger partial charge on any atom is 0.317 e. The minimum absolute atomic E-state index is 0.278. The van der Waals surface area contributed by atoms with Crippen LogP contribution in [0.5, 0.6) is 0 Å². The molecule has 7 heteroatoms. The third-order valence-electron chi connectivity index (χ3n) is 0.660. The average molecular weight is 227 g/mol. The summed E-state index contributed by atoms with van der Waals surface area (Å²) >= 11 is 0. The molecule has 0 unspecified atom stereocenters. The van der Waals surface area contributed by atoms with Gasteiger partial charge in [0.05, 0.1) is 6.54 Å². The van der Waals surface area contributed by atoms with Crippen LogP contribution in [0.15, 0.2) is 0 Å². The van der Waals surface area contributed by atoms with E-state index in [1.165, 1.54) is 0 Å². The highest BCUT2D eigenvalue weighted by Crippen LogP contribution is 2.18. The zero-order valence-electron chi connectivity index (χ0n) is 7.44. The third kappa shape index (κ3) is 24.5. The summed E-state index contributed by atoms with van der Waals surface area (Å²) < 4.78 is 0. The van der Waals surface area contributed by atoms with Gasteiger partial charge in [-0.05, 0) is 0 Å². The predicted molar refractivity (Wildman–Crippen MR) is 59.7 cm³/mol. The molecular formula is C6H17N3O2S2. The smallest absolute Gasteiger partial charge is 0.317 e. The van der Waals surface area contributed by atoms with Gasteiger partial charge in [-0.2, -0.15) is 0 Å². The molecule has 13 heavy (non-hydrogen) atoms. The normalized spacial score (nSPS) is 8.85. The lowest BCUT2D eigenvalue weighted by Gasteiger charge is -1.93. The molecule has 0 radical (unpaired) electrons. The highest BCUT2D eigenvalue weighted by Gasteiger charge is 1.84. The largest absolute Gasteiger partial charge is 0.480 e. The minimum atomic E-state index is -0.968. The number of aliphatic carboxylic acids is 1. The molecule has 5 nitrogen and oxygen atoms in total. The zero-order chi connectivity index (χ0) is 10.5. The molecule has 7 N–H and O–H groups in total. The molecule has 0 saturated heterocycles. The molecule has 0 aliphatic rings. The van der Waals surface area contributed by atoms with Gasteiger partial charge >= 0.3 is 5.97 Å². The van der Waals surface area contributed by atoms with E-state index in [2.05, 4.69) is 5.73 Å². The van der Waals surface area contributed by atoms with E-state index >= 15 is 0 Å². The topological polar surface area (TPSA) is 115 Å². The fourth-order valence-electron chi connectivity index (χ4n) is 0.214. The molecule has 0 fully saturated rings. The van der Waals surface area contributed by atoms with Crippen LogP contribution in [-0.2, 0) is 4.79 Å². The van der Waals surface area contributed by atoms with Crippen molar-refractivity contribution in [2.75, 3.05) is 31.1 Å². The standard InChI is InChI=1S/C4H12N2S2.C2H5NO2/c5-1-3-7-8-4-2-6;3-1-2(4)5/h1-6H2;1,3H2,(H,4,5). The van der Waals surface area contributed by atoms with Crippen molar-refractivity contribution in [2.24, 2.45) is 17.2 Å². The molecular weight excluding hydrogens is 210 g/mol. The molecule has 0 aromatic carbocycles. The first-order valence-corrected chi connectivity index (χ1v) is 6.24. The number of nitrogens with two attached hydrogens (primary N) is 3. The molecule has 80 valence electrons. The number of carbonyl (C=O) groups is 1. The van der Waals surface area contributed by atoms with Crippen molar-refractivity contribution < 1.29 is 9.90 Å². The maximum absolute atomic E-state index is 9.24. The molecule has 0 bridgehead atoms. The number of hydrogen-bond acceptors (Lipinski definition) is 6. The number of hydrogen-bond donors (Lipinski definition) is 4. The summed E-state index contributed by atoms with van der Waals surface area (Å²) in [5.74, 6) is 1.10. The van der Waals surface area contributed by atoms with Crippen molar-refractivity contribution >= 4 is 27.6 Å². The van der Waals surface area contributed by atoms with E-state index in [-0.39, 0.29) is 6.54 Å². The Morgan fingerprint density at radius 2 is 1.38 bits per heavy atom. The van der Waals surface area contributed by atoms with Crippen molar-refractivity contribution in [3.8, 4) is 0 Å². The van der Waals surface area contributed by atoms with Gasteiger partial charge in [0.2, 0.25) is 0 Å². The SMILES string of the molecule is NCC(=O)O.NCCSSCCN. The molecule has 0 aliphatic heterocycles. The maximum atomic E-state index is 9.24. The Balaban J connectivity index is 0. The van der Waals surface area contributed by atoms with Gasteiger partial charge in [-0.1, -0.05) is 21.6 Å². The number of rotatable bonds is 6. The predicted octanol–water partition coefficient (Wildman–Crippen LogP) is -0.685. The average Bonchev–Trinajstić information content (AvgIpc) is 2.14. The molecule has 0 heterocycles. The molecule has 0 aromatic heterocycles. The minimum Gasteiger partial charge on any atom is -0.480 e. The second kappa shape index (κ2) is 14.6. The summed E-state index contributed by atoms with van der Waals surface area (Å²) in [6.45, 7) is 1.25. The zero-order valence-corrected chi connectivity index (χ0v) is 9.07. The molecule has 0 rings (SSSR count). The van der Waals surface area contributed by atoms with Crippen molar-refractivity contribution in [1.29, 1.82) is 0 Å².